The minimum absolute atomic E-state index is 0.611. The molecule has 1 atom stereocenters. The number of unbranched alkanes of at least 4 members (excludes halogenated alkanes) is 3. The van der Waals surface area contributed by atoms with E-state index in [-0.39, 0.29) is 0 Å². The van der Waals surface area contributed by atoms with Gasteiger partial charge in [-0.1, -0.05) is 37.9 Å². The molecule has 1 heterocycles. The first-order chi connectivity index (χ1) is 6.33. The lowest BCUT2D eigenvalue weighted by atomic mass is 10.2. The van der Waals surface area contributed by atoms with Crippen LogP contribution in [0.25, 0.3) is 0 Å². The summed E-state index contributed by atoms with van der Waals surface area (Å²) in [6.45, 7) is 5.44. The summed E-state index contributed by atoms with van der Waals surface area (Å²) in [6, 6.07) is 0.611. The standard InChI is InChI=1S/C10H20N2S/c1-3-4-5-6-7-11-10-12-9(2)8-13-10/h9H,3-8H2,1-2H3,(H,11,12). The lowest BCUT2D eigenvalue weighted by molar-refractivity contribution is 0.673. The predicted octanol–water partition coefficient (Wildman–Crippen LogP) is 2.65. The van der Waals surface area contributed by atoms with Gasteiger partial charge in [0.25, 0.3) is 0 Å². The number of thioether (sulfide) groups is 1. The summed E-state index contributed by atoms with van der Waals surface area (Å²) in [7, 11) is 0. The van der Waals surface area contributed by atoms with Gasteiger partial charge in [0, 0.05) is 18.3 Å². The average Bonchev–Trinajstić information content (AvgIpc) is 2.51. The second-order valence-electron chi connectivity index (χ2n) is 3.60. The normalized spacial score (nSPS) is 25.1. The third-order valence-electron chi connectivity index (χ3n) is 2.11. The van der Waals surface area contributed by atoms with E-state index < -0.39 is 0 Å². The summed E-state index contributed by atoms with van der Waals surface area (Å²) in [6.07, 6.45) is 5.23. The third-order valence-corrected chi connectivity index (χ3v) is 3.29. The van der Waals surface area contributed by atoms with Crippen molar-refractivity contribution in [2.75, 3.05) is 12.3 Å². The van der Waals surface area contributed by atoms with E-state index in [1.807, 2.05) is 11.8 Å². The van der Waals surface area contributed by atoms with Crippen LogP contribution in [0.15, 0.2) is 4.99 Å². The Morgan fingerprint density at radius 1 is 1.46 bits per heavy atom. The molecule has 1 N–H and O–H groups in total. The van der Waals surface area contributed by atoms with Crippen molar-refractivity contribution in [2.24, 2.45) is 4.99 Å². The van der Waals surface area contributed by atoms with Crippen molar-refractivity contribution >= 4 is 16.9 Å². The molecule has 0 bridgehead atoms. The highest BCUT2D eigenvalue weighted by Gasteiger charge is 2.14. The van der Waals surface area contributed by atoms with Crippen LogP contribution in [0, 0.1) is 0 Å². The molecule has 0 aliphatic carbocycles. The SMILES string of the molecule is CCCCCCN=C1NC(C)CS1. The number of hydrogen-bond donors (Lipinski definition) is 1. The lowest BCUT2D eigenvalue weighted by Gasteiger charge is -2.00. The molecule has 0 aromatic carbocycles. The second kappa shape index (κ2) is 6.30. The molecule has 1 unspecified atom stereocenters. The molecule has 76 valence electrons. The van der Waals surface area contributed by atoms with Gasteiger partial charge in [0.05, 0.1) is 0 Å². The maximum atomic E-state index is 4.51. The van der Waals surface area contributed by atoms with Crippen LogP contribution in [-0.2, 0) is 0 Å². The van der Waals surface area contributed by atoms with Crippen molar-refractivity contribution in [1.82, 2.24) is 5.32 Å². The minimum atomic E-state index is 0.611. The molecule has 2 nitrogen and oxygen atoms in total. The minimum Gasteiger partial charge on any atom is -0.362 e. The van der Waals surface area contributed by atoms with Crippen molar-refractivity contribution in [3.05, 3.63) is 0 Å². The van der Waals surface area contributed by atoms with E-state index in [0.29, 0.717) is 6.04 Å². The van der Waals surface area contributed by atoms with Gasteiger partial charge in [0.1, 0.15) is 0 Å². The largest absolute Gasteiger partial charge is 0.362 e. The zero-order chi connectivity index (χ0) is 9.52. The topological polar surface area (TPSA) is 24.4 Å². The van der Waals surface area contributed by atoms with Crippen LogP contribution in [-0.4, -0.2) is 23.5 Å². The van der Waals surface area contributed by atoms with Crippen molar-refractivity contribution in [3.8, 4) is 0 Å². The average molecular weight is 200 g/mol. The van der Waals surface area contributed by atoms with Gasteiger partial charge in [-0.2, -0.15) is 0 Å². The van der Waals surface area contributed by atoms with E-state index in [0.717, 1.165) is 11.7 Å². The molecule has 3 heteroatoms. The molecule has 1 fully saturated rings. The van der Waals surface area contributed by atoms with Gasteiger partial charge in [-0.15, -0.1) is 0 Å². The van der Waals surface area contributed by atoms with Crippen LogP contribution in [0.2, 0.25) is 0 Å². The smallest absolute Gasteiger partial charge is 0.156 e. The lowest BCUT2D eigenvalue weighted by Crippen LogP contribution is -2.23. The molecule has 0 amide bonds. The highest BCUT2D eigenvalue weighted by Crippen LogP contribution is 2.13. The highest BCUT2D eigenvalue weighted by molar-refractivity contribution is 8.14. The Labute approximate surface area is 85.6 Å². The molecule has 0 aromatic rings. The molecule has 1 saturated heterocycles. The zero-order valence-electron chi connectivity index (χ0n) is 8.68. The Bertz CT molecular complexity index is 168. The summed E-state index contributed by atoms with van der Waals surface area (Å²) in [5.74, 6) is 1.17. The summed E-state index contributed by atoms with van der Waals surface area (Å²) in [4.78, 5) is 4.51. The van der Waals surface area contributed by atoms with E-state index in [9.17, 15) is 0 Å². The van der Waals surface area contributed by atoms with Crippen LogP contribution in [0.3, 0.4) is 0 Å². The van der Waals surface area contributed by atoms with Crippen molar-refractivity contribution in [3.63, 3.8) is 0 Å². The second-order valence-corrected chi connectivity index (χ2v) is 4.61. The van der Waals surface area contributed by atoms with Crippen LogP contribution in [0.1, 0.15) is 39.5 Å². The van der Waals surface area contributed by atoms with Crippen LogP contribution >= 0.6 is 11.8 Å². The van der Waals surface area contributed by atoms with Gasteiger partial charge >= 0.3 is 0 Å². The van der Waals surface area contributed by atoms with Gasteiger partial charge in [-0.3, -0.25) is 4.99 Å². The van der Waals surface area contributed by atoms with Gasteiger partial charge in [0.15, 0.2) is 5.17 Å². The summed E-state index contributed by atoms with van der Waals surface area (Å²) in [5, 5.41) is 4.51. The molecule has 0 radical (unpaired) electrons. The van der Waals surface area contributed by atoms with Crippen LogP contribution in [0.5, 0.6) is 0 Å². The van der Waals surface area contributed by atoms with E-state index >= 15 is 0 Å². The maximum absolute atomic E-state index is 4.51. The predicted molar refractivity (Wildman–Crippen MR) is 61.5 cm³/mol. The van der Waals surface area contributed by atoms with Gasteiger partial charge < -0.3 is 5.32 Å². The summed E-state index contributed by atoms with van der Waals surface area (Å²) < 4.78 is 0. The number of amidine groups is 1. The molecule has 1 aliphatic rings. The van der Waals surface area contributed by atoms with E-state index in [2.05, 4.69) is 24.2 Å². The summed E-state index contributed by atoms with van der Waals surface area (Å²) in [5.41, 5.74) is 0. The van der Waals surface area contributed by atoms with Gasteiger partial charge in [-0.05, 0) is 13.3 Å². The molecule has 0 saturated carbocycles. The molecule has 1 rings (SSSR count). The van der Waals surface area contributed by atoms with Crippen LogP contribution < -0.4 is 5.32 Å². The van der Waals surface area contributed by atoms with Crippen molar-refractivity contribution < 1.29 is 0 Å². The number of aliphatic imine (C=N–C) groups is 1. The van der Waals surface area contributed by atoms with Gasteiger partial charge in [-0.25, -0.2) is 0 Å². The van der Waals surface area contributed by atoms with Gasteiger partial charge in [0.2, 0.25) is 0 Å². The molecule has 0 spiro atoms. The Hall–Kier alpha value is -0.180. The number of rotatable bonds is 5. The first-order valence-electron chi connectivity index (χ1n) is 5.26. The Kier molecular flexibility index (Phi) is 5.28. The zero-order valence-corrected chi connectivity index (χ0v) is 9.49. The fourth-order valence-electron chi connectivity index (χ4n) is 1.31. The Morgan fingerprint density at radius 3 is 2.92 bits per heavy atom. The molecular formula is C10H20N2S. The molecule has 1 aliphatic heterocycles. The quantitative estimate of drug-likeness (QED) is 0.690. The highest BCUT2D eigenvalue weighted by atomic mass is 32.2. The Balaban J connectivity index is 2.03. The summed E-state index contributed by atoms with van der Waals surface area (Å²) >= 11 is 1.85. The fraction of sp³-hybridized carbons (Fsp3) is 0.900. The van der Waals surface area contributed by atoms with E-state index in [1.54, 1.807) is 0 Å². The molecular weight excluding hydrogens is 180 g/mol. The number of hydrogen-bond acceptors (Lipinski definition) is 2. The number of nitrogens with zero attached hydrogens (tertiary/aromatic N) is 1. The van der Waals surface area contributed by atoms with E-state index in [1.165, 1.54) is 31.4 Å². The maximum Gasteiger partial charge on any atom is 0.156 e. The van der Waals surface area contributed by atoms with Crippen molar-refractivity contribution in [2.45, 2.75) is 45.6 Å². The monoisotopic (exact) mass is 200 g/mol. The first kappa shape index (κ1) is 10.9. The van der Waals surface area contributed by atoms with Crippen molar-refractivity contribution in [1.29, 1.82) is 0 Å². The fourth-order valence-corrected chi connectivity index (χ4v) is 2.27. The number of nitrogens with one attached hydrogen (secondary N) is 1. The van der Waals surface area contributed by atoms with Crippen LogP contribution in [0.4, 0.5) is 0 Å². The molecule has 13 heavy (non-hydrogen) atoms. The first-order valence-corrected chi connectivity index (χ1v) is 6.25. The molecule has 0 aromatic heterocycles. The van der Waals surface area contributed by atoms with E-state index in [4.69, 9.17) is 0 Å². The Morgan fingerprint density at radius 2 is 2.31 bits per heavy atom. The third kappa shape index (κ3) is 4.55.